The number of hydrogen-bond acceptors (Lipinski definition) is 4. The van der Waals surface area contributed by atoms with Crippen LogP contribution in [0.15, 0.2) is 24.3 Å². The summed E-state index contributed by atoms with van der Waals surface area (Å²) in [6.07, 6.45) is 37.4. The first-order chi connectivity index (χ1) is 19.2. The van der Waals surface area contributed by atoms with Gasteiger partial charge in [0.05, 0.1) is 6.61 Å². The van der Waals surface area contributed by atoms with Crippen molar-refractivity contribution in [1.82, 2.24) is 0 Å². The first kappa shape index (κ1) is 37.9. The largest absolute Gasteiger partial charge is 0.447 e. The van der Waals surface area contributed by atoms with Gasteiger partial charge in [-0.1, -0.05) is 141 Å². The van der Waals surface area contributed by atoms with Gasteiger partial charge in [0.1, 0.15) is 6.10 Å². The van der Waals surface area contributed by atoms with Crippen molar-refractivity contribution in [3.8, 4) is 0 Å². The second-order valence-corrected chi connectivity index (χ2v) is 11.3. The molecular weight excluding hydrogens is 484 g/mol. The number of rotatable bonds is 30. The highest BCUT2D eigenvalue weighted by Crippen LogP contribution is 2.17. The molecule has 4 nitrogen and oxygen atoms in total. The van der Waals surface area contributed by atoms with E-state index in [1.165, 1.54) is 116 Å². The zero-order valence-corrected chi connectivity index (χ0v) is 26.0. The fraction of sp³-hybridized carbons (Fsp3) is 0.829. The lowest BCUT2D eigenvalue weighted by molar-refractivity contribution is -0.144. The third kappa shape index (κ3) is 28.2. The molecule has 0 amide bonds. The van der Waals surface area contributed by atoms with Crippen LogP contribution in [0.2, 0.25) is 0 Å². The normalized spacial score (nSPS) is 12.7. The molecule has 1 unspecified atom stereocenters. The summed E-state index contributed by atoms with van der Waals surface area (Å²) in [5.41, 5.74) is 0. The number of ether oxygens (including phenoxy) is 1. The average molecular weight is 550 g/mol. The van der Waals surface area contributed by atoms with Crippen molar-refractivity contribution in [3.63, 3.8) is 0 Å². The number of allylic oxidation sites excluding steroid dienone is 3. The summed E-state index contributed by atoms with van der Waals surface area (Å²) in [5, 5.41) is 19.4. The van der Waals surface area contributed by atoms with Gasteiger partial charge in [0.25, 0.3) is 0 Å². The maximum absolute atomic E-state index is 12.2. The molecule has 0 rings (SSSR count). The second kappa shape index (κ2) is 31.4. The predicted octanol–water partition coefficient (Wildman–Crippen LogP) is 10.3. The molecule has 2 N–H and O–H groups in total. The van der Waals surface area contributed by atoms with Gasteiger partial charge in [0.15, 0.2) is 0 Å². The van der Waals surface area contributed by atoms with Crippen LogP contribution in [0.1, 0.15) is 174 Å². The Kier molecular flexibility index (Phi) is 30.5. The molecule has 0 aliphatic heterocycles. The van der Waals surface area contributed by atoms with Crippen LogP contribution < -0.4 is 0 Å². The van der Waals surface area contributed by atoms with Gasteiger partial charge in [-0.3, -0.25) is 4.79 Å². The van der Waals surface area contributed by atoms with Crippen LogP contribution in [0.25, 0.3) is 0 Å². The van der Waals surface area contributed by atoms with E-state index in [1.807, 2.05) is 6.08 Å². The minimum atomic E-state index is -1.15. The molecule has 0 aromatic heterocycles. The SMILES string of the molecule is CCCCCC/C=C\CCCCCCCC(=O)O[C](C=CCCCCCCCCCCCCCC)C(O)CO. The molecule has 1 radical (unpaired) electrons. The zero-order chi connectivity index (χ0) is 28.7. The van der Waals surface area contributed by atoms with Crippen LogP contribution >= 0.6 is 0 Å². The van der Waals surface area contributed by atoms with Gasteiger partial charge in [-0.15, -0.1) is 0 Å². The van der Waals surface area contributed by atoms with E-state index in [0.717, 1.165) is 38.5 Å². The van der Waals surface area contributed by atoms with Crippen LogP contribution in [0.4, 0.5) is 0 Å². The fourth-order valence-electron chi connectivity index (χ4n) is 4.77. The van der Waals surface area contributed by atoms with E-state index in [1.54, 1.807) is 6.08 Å². The Bertz CT molecular complexity index is 557. The topological polar surface area (TPSA) is 66.8 Å². The van der Waals surface area contributed by atoms with E-state index in [0.29, 0.717) is 6.42 Å². The molecule has 0 saturated heterocycles. The third-order valence-corrected chi connectivity index (χ3v) is 7.38. The fourth-order valence-corrected chi connectivity index (χ4v) is 4.77. The van der Waals surface area contributed by atoms with Gasteiger partial charge in [0, 0.05) is 6.42 Å². The highest BCUT2D eigenvalue weighted by atomic mass is 16.6. The Morgan fingerprint density at radius 1 is 0.590 bits per heavy atom. The van der Waals surface area contributed by atoms with E-state index < -0.39 is 12.7 Å². The zero-order valence-electron chi connectivity index (χ0n) is 26.0. The van der Waals surface area contributed by atoms with E-state index in [2.05, 4.69) is 26.0 Å². The summed E-state index contributed by atoms with van der Waals surface area (Å²) < 4.78 is 5.40. The Hall–Kier alpha value is -1.13. The van der Waals surface area contributed by atoms with Gasteiger partial charge in [-0.05, 0) is 51.0 Å². The third-order valence-electron chi connectivity index (χ3n) is 7.38. The second-order valence-electron chi connectivity index (χ2n) is 11.3. The number of carbonyl (C=O) groups is 1. The van der Waals surface area contributed by atoms with Crippen molar-refractivity contribution in [1.29, 1.82) is 0 Å². The average Bonchev–Trinajstić information content (AvgIpc) is 2.94. The van der Waals surface area contributed by atoms with Crippen LogP contribution in [0, 0.1) is 6.10 Å². The van der Waals surface area contributed by atoms with Crippen molar-refractivity contribution in [2.45, 2.75) is 180 Å². The van der Waals surface area contributed by atoms with Crippen molar-refractivity contribution in [2.24, 2.45) is 0 Å². The molecule has 4 heteroatoms. The van der Waals surface area contributed by atoms with Crippen molar-refractivity contribution >= 4 is 5.97 Å². The summed E-state index contributed by atoms with van der Waals surface area (Å²) in [4.78, 5) is 12.2. The number of esters is 1. The molecule has 229 valence electrons. The number of carbonyl (C=O) groups excluding carboxylic acids is 1. The molecule has 0 bridgehead atoms. The lowest BCUT2D eigenvalue weighted by Crippen LogP contribution is -2.25. The summed E-state index contributed by atoms with van der Waals surface area (Å²) in [5.74, 6) is -0.321. The summed E-state index contributed by atoms with van der Waals surface area (Å²) in [6.45, 7) is 4.06. The van der Waals surface area contributed by atoms with Crippen molar-refractivity contribution in [3.05, 3.63) is 30.4 Å². The molecule has 0 spiro atoms. The number of hydrogen-bond donors (Lipinski definition) is 2. The van der Waals surface area contributed by atoms with E-state index in [-0.39, 0.29) is 12.1 Å². The molecule has 0 aliphatic carbocycles. The van der Waals surface area contributed by atoms with Crippen LogP contribution in [0.3, 0.4) is 0 Å². The maximum Gasteiger partial charge on any atom is 0.306 e. The molecule has 0 heterocycles. The molecule has 0 saturated carbocycles. The number of unbranched alkanes of at least 4 members (excludes halogenated alkanes) is 21. The Morgan fingerprint density at radius 3 is 1.44 bits per heavy atom. The van der Waals surface area contributed by atoms with Crippen LogP contribution in [0.5, 0.6) is 0 Å². The molecular formula is C35H65O4. The minimum absolute atomic E-state index is 0.169. The van der Waals surface area contributed by atoms with E-state index in [9.17, 15) is 15.0 Å². The molecule has 0 aliphatic rings. The van der Waals surface area contributed by atoms with Crippen LogP contribution in [-0.4, -0.2) is 28.9 Å². The van der Waals surface area contributed by atoms with Gasteiger partial charge in [-0.2, -0.15) is 0 Å². The lowest BCUT2D eigenvalue weighted by atomic mass is 10.0. The van der Waals surface area contributed by atoms with Gasteiger partial charge >= 0.3 is 5.97 Å². The summed E-state index contributed by atoms with van der Waals surface area (Å²) in [7, 11) is 0. The quantitative estimate of drug-likeness (QED) is 0.0531. The van der Waals surface area contributed by atoms with E-state index >= 15 is 0 Å². The monoisotopic (exact) mass is 549 g/mol. The molecule has 0 fully saturated rings. The maximum atomic E-state index is 12.2. The molecule has 39 heavy (non-hydrogen) atoms. The number of aliphatic hydroxyl groups is 2. The smallest absolute Gasteiger partial charge is 0.306 e. The Labute approximate surface area is 243 Å². The lowest BCUT2D eigenvalue weighted by Gasteiger charge is -2.17. The molecule has 0 aromatic rings. The van der Waals surface area contributed by atoms with Gasteiger partial charge in [-0.25, -0.2) is 0 Å². The minimum Gasteiger partial charge on any atom is -0.447 e. The summed E-state index contributed by atoms with van der Waals surface area (Å²) in [6, 6.07) is 0. The van der Waals surface area contributed by atoms with Gasteiger partial charge in [0.2, 0.25) is 6.10 Å². The molecule has 1 atom stereocenters. The summed E-state index contributed by atoms with van der Waals surface area (Å²) >= 11 is 0. The highest BCUT2D eigenvalue weighted by Gasteiger charge is 2.21. The molecule has 0 aromatic carbocycles. The first-order valence-corrected chi connectivity index (χ1v) is 16.8. The van der Waals surface area contributed by atoms with E-state index in [4.69, 9.17) is 4.74 Å². The Balaban J connectivity index is 3.78. The highest BCUT2D eigenvalue weighted by molar-refractivity contribution is 5.70. The standard InChI is InChI=1S/C35H65O4/c1-3-5-7-9-11-13-15-17-19-20-22-24-26-28-30-34(33(37)32-36)39-35(38)31-29-27-25-23-21-18-16-14-12-10-8-6-4-2/h14,16,28,30,33,36-37H,3-13,15,17-27,29,31-32H2,1-2H3/b16-14-,30-28?. The van der Waals surface area contributed by atoms with Crippen LogP contribution in [-0.2, 0) is 9.53 Å². The predicted molar refractivity (Wildman–Crippen MR) is 167 cm³/mol. The van der Waals surface area contributed by atoms with Crippen molar-refractivity contribution in [2.75, 3.05) is 6.61 Å². The number of aliphatic hydroxyl groups excluding tert-OH is 2. The van der Waals surface area contributed by atoms with Gasteiger partial charge < -0.3 is 14.9 Å². The Morgan fingerprint density at radius 2 is 0.974 bits per heavy atom. The first-order valence-electron chi connectivity index (χ1n) is 16.8. The van der Waals surface area contributed by atoms with Crippen molar-refractivity contribution < 1.29 is 19.7 Å².